The zero-order chi connectivity index (χ0) is 7.72. The minimum atomic E-state index is -1.65. The summed E-state index contributed by atoms with van der Waals surface area (Å²) in [6.07, 6.45) is -3.87. The van der Waals surface area contributed by atoms with Crippen molar-refractivity contribution in [3.05, 3.63) is 11.6 Å². The summed E-state index contributed by atoms with van der Waals surface area (Å²) in [5.74, 6) is 0. The van der Waals surface area contributed by atoms with Crippen LogP contribution in [-0.2, 0) is 0 Å². The van der Waals surface area contributed by atoms with Crippen molar-refractivity contribution in [1.29, 1.82) is 0 Å². The monoisotopic (exact) mass is 150 g/mol. The van der Waals surface area contributed by atoms with Crippen LogP contribution in [-0.4, -0.2) is 18.5 Å². The first-order valence-electron chi connectivity index (χ1n) is 3.22. The molecule has 0 aromatic heterocycles. The van der Waals surface area contributed by atoms with Crippen molar-refractivity contribution in [2.24, 2.45) is 0 Å². The molecule has 3 heteroatoms. The van der Waals surface area contributed by atoms with Gasteiger partial charge in [0, 0.05) is 6.42 Å². The third-order valence-electron chi connectivity index (χ3n) is 1.69. The standard InChI is InChI=1S/C7H9F3/c1-4-2-6(9)7(10)3-5(4)8/h2,5-7H,3H2,1H3. The molecule has 0 heterocycles. The Balaban J connectivity index is 2.69. The highest BCUT2D eigenvalue weighted by atomic mass is 19.2. The van der Waals surface area contributed by atoms with Crippen molar-refractivity contribution in [3.8, 4) is 0 Å². The van der Waals surface area contributed by atoms with Gasteiger partial charge in [-0.05, 0) is 18.6 Å². The van der Waals surface area contributed by atoms with Crippen LogP contribution >= 0.6 is 0 Å². The normalized spacial score (nSPS) is 41.2. The Bertz CT molecular complexity index is 153. The van der Waals surface area contributed by atoms with E-state index in [-0.39, 0.29) is 6.42 Å². The summed E-state index contributed by atoms with van der Waals surface area (Å²) < 4.78 is 37.3. The lowest BCUT2D eigenvalue weighted by molar-refractivity contribution is 0.147. The van der Waals surface area contributed by atoms with Gasteiger partial charge in [0.15, 0.2) is 0 Å². The Morgan fingerprint density at radius 1 is 1.40 bits per heavy atom. The van der Waals surface area contributed by atoms with Crippen molar-refractivity contribution < 1.29 is 13.2 Å². The molecule has 0 saturated heterocycles. The fourth-order valence-electron chi connectivity index (χ4n) is 0.974. The Morgan fingerprint density at radius 2 is 2.00 bits per heavy atom. The summed E-state index contributed by atoms with van der Waals surface area (Å²) in [7, 11) is 0. The van der Waals surface area contributed by atoms with Gasteiger partial charge in [-0.2, -0.15) is 0 Å². The van der Waals surface area contributed by atoms with E-state index in [1.165, 1.54) is 6.92 Å². The summed E-state index contributed by atoms with van der Waals surface area (Å²) in [6, 6.07) is 0. The molecular formula is C7H9F3. The lowest BCUT2D eigenvalue weighted by Gasteiger charge is -2.20. The molecule has 0 aromatic rings. The summed E-state index contributed by atoms with van der Waals surface area (Å²) >= 11 is 0. The first-order valence-corrected chi connectivity index (χ1v) is 3.22. The molecule has 58 valence electrons. The Labute approximate surface area is 57.7 Å². The molecule has 10 heavy (non-hydrogen) atoms. The lowest BCUT2D eigenvalue weighted by Crippen LogP contribution is -2.26. The van der Waals surface area contributed by atoms with Gasteiger partial charge in [-0.25, -0.2) is 13.2 Å². The second kappa shape index (κ2) is 2.64. The number of alkyl halides is 3. The molecule has 0 bridgehead atoms. The molecule has 0 N–H and O–H groups in total. The summed E-state index contributed by atoms with van der Waals surface area (Å²) in [4.78, 5) is 0. The molecule has 0 fully saturated rings. The predicted octanol–water partition coefficient (Wildman–Crippen LogP) is 2.35. The van der Waals surface area contributed by atoms with Gasteiger partial charge in [-0.3, -0.25) is 0 Å². The fraction of sp³-hybridized carbons (Fsp3) is 0.714. The molecule has 0 saturated carbocycles. The van der Waals surface area contributed by atoms with Crippen LogP contribution in [0.4, 0.5) is 13.2 Å². The second-order valence-corrected chi connectivity index (χ2v) is 2.57. The molecule has 0 spiro atoms. The fourth-order valence-corrected chi connectivity index (χ4v) is 0.974. The third-order valence-corrected chi connectivity index (χ3v) is 1.69. The lowest BCUT2D eigenvalue weighted by atomic mass is 9.96. The van der Waals surface area contributed by atoms with Crippen molar-refractivity contribution in [1.82, 2.24) is 0 Å². The van der Waals surface area contributed by atoms with Gasteiger partial charge in [-0.15, -0.1) is 0 Å². The molecule has 1 aliphatic carbocycles. The summed E-state index contributed by atoms with van der Waals surface area (Å²) in [6.45, 7) is 1.48. The second-order valence-electron chi connectivity index (χ2n) is 2.57. The van der Waals surface area contributed by atoms with Crippen molar-refractivity contribution in [2.75, 3.05) is 0 Å². The van der Waals surface area contributed by atoms with Crippen molar-refractivity contribution >= 4 is 0 Å². The van der Waals surface area contributed by atoms with Gasteiger partial charge in [-0.1, -0.05) is 0 Å². The number of rotatable bonds is 0. The molecule has 3 atom stereocenters. The Morgan fingerprint density at radius 3 is 2.50 bits per heavy atom. The molecule has 0 nitrogen and oxygen atoms in total. The van der Waals surface area contributed by atoms with Crippen molar-refractivity contribution in [2.45, 2.75) is 31.9 Å². The number of halogens is 3. The van der Waals surface area contributed by atoms with E-state index < -0.39 is 18.5 Å². The van der Waals surface area contributed by atoms with E-state index in [0.717, 1.165) is 6.08 Å². The topological polar surface area (TPSA) is 0 Å². The van der Waals surface area contributed by atoms with Crippen LogP contribution in [0.15, 0.2) is 11.6 Å². The maximum atomic E-state index is 12.5. The smallest absolute Gasteiger partial charge is 0.150 e. The minimum Gasteiger partial charge on any atom is -0.244 e. The molecule has 0 radical (unpaired) electrons. The molecule has 0 amide bonds. The largest absolute Gasteiger partial charge is 0.244 e. The van der Waals surface area contributed by atoms with Gasteiger partial charge in [0.25, 0.3) is 0 Å². The van der Waals surface area contributed by atoms with Crippen LogP contribution in [0.25, 0.3) is 0 Å². The number of allylic oxidation sites excluding steroid dienone is 2. The highest BCUT2D eigenvalue weighted by Crippen LogP contribution is 2.25. The van der Waals surface area contributed by atoms with E-state index >= 15 is 0 Å². The Hall–Kier alpha value is -0.470. The average molecular weight is 150 g/mol. The van der Waals surface area contributed by atoms with Crippen LogP contribution in [0.3, 0.4) is 0 Å². The maximum absolute atomic E-state index is 12.5. The van der Waals surface area contributed by atoms with E-state index in [1.54, 1.807) is 0 Å². The SMILES string of the molecule is CC1=CC(F)C(F)CC1F. The number of hydrogen-bond donors (Lipinski definition) is 0. The zero-order valence-electron chi connectivity index (χ0n) is 5.65. The first-order chi connectivity index (χ1) is 4.61. The quantitative estimate of drug-likeness (QED) is 0.465. The van der Waals surface area contributed by atoms with Crippen LogP contribution in [0.1, 0.15) is 13.3 Å². The molecular weight excluding hydrogens is 141 g/mol. The van der Waals surface area contributed by atoms with Crippen LogP contribution in [0, 0.1) is 0 Å². The van der Waals surface area contributed by atoms with Crippen LogP contribution < -0.4 is 0 Å². The first kappa shape index (κ1) is 7.63. The van der Waals surface area contributed by atoms with E-state index in [2.05, 4.69) is 0 Å². The van der Waals surface area contributed by atoms with Crippen LogP contribution in [0.2, 0.25) is 0 Å². The van der Waals surface area contributed by atoms with Crippen LogP contribution in [0.5, 0.6) is 0 Å². The van der Waals surface area contributed by atoms with E-state index in [0.29, 0.717) is 5.57 Å². The highest BCUT2D eigenvalue weighted by Gasteiger charge is 2.28. The molecule has 1 aliphatic rings. The zero-order valence-corrected chi connectivity index (χ0v) is 5.65. The van der Waals surface area contributed by atoms with Gasteiger partial charge in [0.1, 0.15) is 18.5 Å². The van der Waals surface area contributed by atoms with E-state index in [9.17, 15) is 13.2 Å². The van der Waals surface area contributed by atoms with Crippen molar-refractivity contribution in [3.63, 3.8) is 0 Å². The predicted molar refractivity (Wildman–Crippen MR) is 33.1 cm³/mol. The van der Waals surface area contributed by atoms with E-state index in [1.807, 2.05) is 0 Å². The molecule has 0 aliphatic heterocycles. The number of hydrogen-bond acceptors (Lipinski definition) is 0. The van der Waals surface area contributed by atoms with Gasteiger partial charge < -0.3 is 0 Å². The minimum absolute atomic E-state index is 0.307. The average Bonchev–Trinajstić information content (AvgIpc) is 1.84. The third kappa shape index (κ3) is 1.33. The highest BCUT2D eigenvalue weighted by molar-refractivity contribution is 5.14. The Kier molecular flexibility index (Phi) is 2.02. The van der Waals surface area contributed by atoms with Gasteiger partial charge in [0.2, 0.25) is 0 Å². The molecule has 1 rings (SSSR count). The van der Waals surface area contributed by atoms with Gasteiger partial charge in [0.05, 0.1) is 0 Å². The molecule has 0 aromatic carbocycles. The summed E-state index contributed by atoms with van der Waals surface area (Å²) in [5, 5.41) is 0. The van der Waals surface area contributed by atoms with Gasteiger partial charge >= 0.3 is 0 Å². The summed E-state index contributed by atoms with van der Waals surface area (Å²) in [5.41, 5.74) is 0.307. The molecule has 3 unspecified atom stereocenters. The maximum Gasteiger partial charge on any atom is 0.150 e. The van der Waals surface area contributed by atoms with E-state index in [4.69, 9.17) is 0 Å².